The zero-order valence-corrected chi connectivity index (χ0v) is 11.9. The Labute approximate surface area is 113 Å². The quantitative estimate of drug-likeness (QED) is 0.723. The molecule has 0 radical (unpaired) electrons. The highest BCUT2D eigenvalue weighted by molar-refractivity contribution is 9.09. The van der Waals surface area contributed by atoms with Gasteiger partial charge in [-0.25, -0.2) is 0 Å². The van der Waals surface area contributed by atoms with Crippen molar-refractivity contribution in [1.29, 1.82) is 0 Å². The lowest BCUT2D eigenvalue weighted by atomic mass is 9.98. The molecule has 0 saturated carbocycles. The molecule has 2 unspecified atom stereocenters. The van der Waals surface area contributed by atoms with Gasteiger partial charge in [0.2, 0.25) is 0 Å². The zero-order valence-electron chi connectivity index (χ0n) is 8.73. The molecule has 2 aromatic heterocycles. The van der Waals surface area contributed by atoms with E-state index in [-0.39, 0.29) is 0 Å². The minimum atomic E-state index is 0.299. The average Bonchev–Trinajstić information content (AvgIpc) is 2.75. The molecule has 0 aromatic carbocycles. The van der Waals surface area contributed by atoms with E-state index in [1.807, 2.05) is 30.6 Å². The third kappa shape index (κ3) is 2.65. The number of rotatable bonds is 3. The van der Waals surface area contributed by atoms with Crippen LogP contribution in [0.5, 0.6) is 0 Å². The van der Waals surface area contributed by atoms with E-state index in [0.29, 0.717) is 10.7 Å². The molecule has 0 spiro atoms. The van der Waals surface area contributed by atoms with Crippen LogP contribution < -0.4 is 0 Å². The van der Waals surface area contributed by atoms with E-state index in [9.17, 15) is 0 Å². The Morgan fingerprint density at radius 2 is 1.94 bits per heavy atom. The zero-order chi connectivity index (χ0) is 11.5. The van der Waals surface area contributed by atoms with Crippen LogP contribution >= 0.6 is 38.9 Å². The molecule has 0 bridgehead atoms. The third-order valence-electron chi connectivity index (χ3n) is 2.54. The van der Waals surface area contributed by atoms with Crippen LogP contribution in [0.3, 0.4) is 0 Å². The fourth-order valence-electron chi connectivity index (χ4n) is 1.56. The van der Waals surface area contributed by atoms with Crippen LogP contribution in [0.4, 0.5) is 0 Å². The smallest absolute Gasteiger partial charge is 0.0931 e. The minimum Gasteiger partial charge on any atom is -0.265 e. The van der Waals surface area contributed by atoms with Crippen LogP contribution in [0, 0.1) is 0 Å². The van der Waals surface area contributed by atoms with Gasteiger partial charge >= 0.3 is 0 Å². The molecule has 16 heavy (non-hydrogen) atoms. The first-order valence-corrected chi connectivity index (χ1v) is 7.08. The molecule has 84 valence electrons. The van der Waals surface area contributed by atoms with Crippen LogP contribution in [0.15, 0.2) is 36.7 Å². The molecule has 0 aliphatic rings. The summed E-state index contributed by atoms with van der Waals surface area (Å²) in [6, 6.07) is 8.11. The van der Waals surface area contributed by atoms with Crippen molar-refractivity contribution in [2.24, 2.45) is 0 Å². The largest absolute Gasteiger partial charge is 0.265 e. The van der Waals surface area contributed by atoms with Gasteiger partial charge in [-0.1, -0.05) is 34.5 Å². The monoisotopic (exact) mass is 315 g/mol. The van der Waals surface area contributed by atoms with Crippen molar-refractivity contribution >= 4 is 38.9 Å². The predicted octanol–water partition coefficient (Wildman–Crippen LogP) is 5.04. The van der Waals surface area contributed by atoms with Gasteiger partial charge in [-0.2, -0.15) is 0 Å². The van der Waals surface area contributed by atoms with Crippen LogP contribution in [0.25, 0.3) is 0 Å². The van der Waals surface area contributed by atoms with Crippen molar-refractivity contribution in [3.63, 3.8) is 0 Å². The molecular weight excluding hydrogens is 306 g/mol. The van der Waals surface area contributed by atoms with E-state index in [1.54, 1.807) is 11.3 Å². The topological polar surface area (TPSA) is 12.9 Å². The molecule has 2 atom stereocenters. The summed E-state index contributed by atoms with van der Waals surface area (Å²) < 4.78 is 0.835. The number of halogens is 2. The van der Waals surface area contributed by atoms with Crippen molar-refractivity contribution in [3.05, 3.63) is 51.4 Å². The summed E-state index contributed by atoms with van der Waals surface area (Å²) >= 11 is 11.3. The maximum atomic E-state index is 5.94. The SMILES string of the molecule is CC(c1ccncc1)C(Br)c1ccc(Cl)s1. The average molecular weight is 317 g/mol. The first kappa shape index (κ1) is 12.1. The first-order chi connectivity index (χ1) is 7.68. The third-order valence-corrected chi connectivity index (χ3v) is 5.44. The molecule has 0 aliphatic heterocycles. The van der Waals surface area contributed by atoms with E-state index in [0.717, 1.165) is 4.34 Å². The van der Waals surface area contributed by atoms with Crippen molar-refractivity contribution in [3.8, 4) is 0 Å². The fraction of sp³-hybridized carbons (Fsp3) is 0.250. The molecule has 2 heterocycles. The van der Waals surface area contributed by atoms with E-state index < -0.39 is 0 Å². The highest BCUT2D eigenvalue weighted by Crippen LogP contribution is 2.41. The van der Waals surface area contributed by atoms with Gasteiger partial charge in [-0.05, 0) is 35.7 Å². The Morgan fingerprint density at radius 1 is 1.25 bits per heavy atom. The molecule has 0 aliphatic carbocycles. The number of nitrogens with zero attached hydrogens (tertiary/aromatic N) is 1. The first-order valence-electron chi connectivity index (χ1n) is 4.97. The Bertz CT molecular complexity index is 457. The summed E-state index contributed by atoms with van der Waals surface area (Å²) in [5.41, 5.74) is 1.28. The fourth-order valence-corrected chi connectivity index (χ4v) is 3.44. The van der Waals surface area contributed by atoms with E-state index in [2.05, 4.69) is 33.9 Å². The molecule has 1 nitrogen and oxygen atoms in total. The van der Waals surface area contributed by atoms with E-state index in [1.165, 1.54) is 10.4 Å². The van der Waals surface area contributed by atoms with Gasteiger partial charge in [-0.15, -0.1) is 11.3 Å². The van der Waals surface area contributed by atoms with Crippen LogP contribution in [0.1, 0.15) is 28.1 Å². The highest BCUT2D eigenvalue weighted by Gasteiger charge is 2.19. The van der Waals surface area contributed by atoms with Gasteiger partial charge in [0, 0.05) is 17.3 Å². The summed E-state index contributed by atoms with van der Waals surface area (Å²) in [5, 5.41) is 0. The summed E-state index contributed by atoms with van der Waals surface area (Å²) in [4.78, 5) is 5.59. The molecule has 0 N–H and O–H groups in total. The number of hydrogen-bond donors (Lipinski definition) is 0. The molecule has 2 rings (SSSR count). The van der Waals surface area contributed by atoms with E-state index in [4.69, 9.17) is 11.6 Å². The Hall–Kier alpha value is -0.380. The lowest BCUT2D eigenvalue weighted by molar-refractivity contribution is 0.759. The van der Waals surface area contributed by atoms with Crippen LogP contribution in [-0.4, -0.2) is 4.98 Å². The van der Waals surface area contributed by atoms with Gasteiger partial charge in [0.05, 0.1) is 9.16 Å². The second kappa shape index (κ2) is 5.30. The number of alkyl halides is 1. The Balaban J connectivity index is 2.19. The lowest BCUT2D eigenvalue weighted by Gasteiger charge is -2.17. The van der Waals surface area contributed by atoms with Gasteiger partial charge in [-0.3, -0.25) is 4.98 Å². The second-order valence-corrected chi connectivity index (χ2v) is 6.35. The number of pyridine rings is 1. The molecule has 2 aromatic rings. The lowest BCUT2D eigenvalue weighted by Crippen LogP contribution is -2.00. The minimum absolute atomic E-state index is 0.299. The summed E-state index contributed by atoms with van der Waals surface area (Å²) in [6.45, 7) is 2.20. The molecule has 0 saturated heterocycles. The van der Waals surface area contributed by atoms with Crippen LogP contribution in [0.2, 0.25) is 4.34 Å². The van der Waals surface area contributed by atoms with Gasteiger partial charge in [0.15, 0.2) is 0 Å². The Morgan fingerprint density at radius 3 is 2.50 bits per heavy atom. The maximum Gasteiger partial charge on any atom is 0.0931 e. The number of aromatic nitrogens is 1. The number of thiophene rings is 1. The molecule has 0 amide bonds. The van der Waals surface area contributed by atoms with Crippen molar-refractivity contribution in [2.75, 3.05) is 0 Å². The van der Waals surface area contributed by atoms with E-state index >= 15 is 0 Å². The summed E-state index contributed by atoms with van der Waals surface area (Å²) in [7, 11) is 0. The van der Waals surface area contributed by atoms with Gasteiger partial charge < -0.3 is 0 Å². The van der Waals surface area contributed by atoms with Gasteiger partial charge in [0.1, 0.15) is 0 Å². The summed E-state index contributed by atoms with van der Waals surface area (Å²) in [6.07, 6.45) is 3.65. The maximum absolute atomic E-state index is 5.94. The molecule has 0 fully saturated rings. The Kier molecular flexibility index (Phi) is 4.00. The predicted molar refractivity (Wildman–Crippen MR) is 73.6 cm³/mol. The highest BCUT2D eigenvalue weighted by atomic mass is 79.9. The van der Waals surface area contributed by atoms with Crippen molar-refractivity contribution in [1.82, 2.24) is 4.98 Å². The second-order valence-electron chi connectivity index (χ2n) is 3.61. The standard InChI is InChI=1S/C12H11BrClNS/c1-8(9-4-6-15-7-5-9)12(13)10-2-3-11(14)16-10/h2-8,12H,1H3. The summed E-state index contributed by atoms with van der Waals surface area (Å²) in [5.74, 6) is 0.401. The van der Waals surface area contributed by atoms with Crippen LogP contribution in [-0.2, 0) is 0 Å². The molecule has 4 heteroatoms. The van der Waals surface area contributed by atoms with Crippen molar-refractivity contribution < 1.29 is 0 Å². The van der Waals surface area contributed by atoms with Gasteiger partial charge in [0.25, 0.3) is 0 Å². The number of hydrogen-bond acceptors (Lipinski definition) is 2. The van der Waals surface area contributed by atoms with Crippen molar-refractivity contribution in [2.45, 2.75) is 17.7 Å². The molecular formula is C12H11BrClNS. The normalized spacial score (nSPS) is 14.7.